The predicted molar refractivity (Wildman–Crippen MR) is 87.6 cm³/mol. The van der Waals surface area contributed by atoms with Crippen molar-refractivity contribution in [3.63, 3.8) is 0 Å². The molecule has 1 aliphatic heterocycles. The number of piperazine rings is 1. The summed E-state index contributed by atoms with van der Waals surface area (Å²) in [6.45, 7) is 5.51. The van der Waals surface area contributed by atoms with Crippen LogP contribution in [0.15, 0.2) is 22.7 Å². The highest BCUT2D eigenvalue weighted by atomic mass is 79.9. The molecule has 1 heterocycles. The Balaban J connectivity index is 2.53. The maximum atomic E-state index is 12.9. The van der Waals surface area contributed by atoms with Gasteiger partial charge < -0.3 is 5.32 Å². The highest BCUT2D eigenvalue weighted by Gasteiger charge is 2.48. The summed E-state index contributed by atoms with van der Waals surface area (Å²) < 4.78 is 0.829. The van der Waals surface area contributed by atoms with Crippen LogP contribution in [0.1, 0.15) is 33.6 Å². The van der Waals surface area contributed by atoms with E-state index in [4.69, 9.17) is 11.6 Å². The van der Waals surface area contributed by atoms with E-state index in [1.54, 1.807) is 19.1 Å². The van der Waals surface area contributed by atoms with Gasteiger partial charge in [-0.15, -0.1) is 0 Å². The van der Waals surface area contributed by atoms with Gasteiger partial charge in [0.1, 0.15) is 11.6 Å². The van der Waals surface area contributed by atoms with Crippen molar-refractivity contribution in [1.29, 1.82) is 0 Å². The van der Waals surface area contributed by atoms with Crippen molar-refractivity contribution in [3.05, 3.63) is 27.7 Å². The molecule has 1 fully saturated rings. The number of nitrogens with zero attached hydrogens (tertiary/aromatic N) is 1. The molecular weight excluding hydrogens is 356 g/mol. The van der Waals surface area contributed by atoms with E-state index in [2.05, 4.69) is 21.2 Å². The molecule has 1 atom stereocenters. The Bertz CT molecular complexity index is 587. The third-order valence-electron chi connectivity index (χ3n) is 4.13. The molecule has 2 amide bonds. The highest BCUT2D eigenvalue weighted by Crippen LogP contribution is 2.35. The zero-order valence-corrected chi connectivity index (χ0v) is 14.6. The average Bonchev–Trinajstić information content (AvgIpc) is 2.45. The first-order valence-electron chi connectivity index (χ1n) is 6.97. The number of hydrogen-bond acceptors (Lipinski definition) is 2. The quantitative estimate of drug-likeness (QED) is 0.881. The van der Waals surface area contributed by atoms with Crippen molar-refractivity contribution in [2.45, 2.75) is 45.2 Å². The molecule has 0 spiro atoms. The normalized spacial score (nSPS) is 21.4. The molecule has 1 N–H and O–H groups in total. The van der Waals surface area contributed by atoms with Gasteiger partial charge in [-0.2, -0.15) is 0 Å². The van der Waals surface area contributed by atoms with Gasteiger partial charge >= 0.3 is 0 Å². The fraction of sp³-hybridized carbons (Fsp3) is 0.467. The van der Waals surface area contributed by atoms with Gasteiger partial charge in [0.05, 0.1) is 10.7 Å². The fourth-order valence-corrected chi connectivity index (χ4v) is 3.41. The van der Waals surface area contributed by atoms with E-state index in [9.17, 15) is 9.59 Å². The van der Waals surface area contributed by atoms with E-state index in [1.807, 2.05) is 19.9 Å². The topological polar surface area (TPSA) is 49.4 Å². The molecule has 0 aliphatic carbocycles. The van der Waals surface area contributed by atoms with Gasteiger partial charge in [-0.3, -0.25) is 14.5 Å². The Morgan fingerprint density at radius 2 is 1.95 bits per heavy atom. The van der Waals surface area contributed by atoms with Gasteiger partial charge in [0, 0.05) is 4.47 Å². The molecule has 0 radical (unpaired) electrons. The van der Waals surface area contributed by atoms with Crippen molar-refractivity contribution >= 4 is 45.0 Å². The first-order valence-corrected chi connectivity index (χ1v) is 8.14. The van der Waals surface area contributed by atoms with Crippen LogP contribution in [0.25, 0.3) is 0 Å². The first-order chi connectivity index (χ1) is 9.86. The number of nitrogens with one attached hydrogen (secondary N) is 1. The summed E-state index contributed by atoms with van der Waals surface area (Å²) in [6.07, 6.45) is 1.09. The molecule has 2 rings (SSSR count). The molecule has 1 aromatic rings. The van der Waals surface area contributed by atoms with Crippen LogP contribution >= 0.6 is 27.5 Å². The van der Waals surface area contributed by atoms with E-state index >= 15 is 0 Å². The largest absolute Gasteiger partial charge is 0.340 e. The molecular formula is C15H18BrClN2O2. The number of benzene rings is 1. The van der Waals surface area contributed by atoms with Crippen LogP contribution in [-0.2, 0) is 9.59 Å². The number of carbonyl (C=O) groups excluding carboxylic acids is 2. The Hall–Kier alpha value is -1.07. The number of rotatable bonds is 3. The molecule has 21 heavy (non-hydrogen) atoms. The summed E-state index contributed by atoms with van der Waals surface area (Å²) in [5.74, 6) is -0.263. The number of amides is 2. The zero-order chi connectivity index (χ0) is 15.8. The Morgan fingerprint density at radius 3 is 2.48 bits per heavy atom. The van der Waals surface area contributed by atoms with Crippen LogP contribution in [0.5, 0.6) is 0 Å². The maximum absolute atomic E-state index is 12.9. The molecule has 0 saturated carbocycles. The molecule has 6 heteroatoms. The SMILES string of the molecule is CCC1(CC)NC(=O)C(C)N(c2ccc(Br)cc2Cl)C1=O. The highest BCUT2D eigenvalue weighted by molar-refractivity contribution is 9.10. The first kappa shape index (κ1) is 16.3. The molecule has 114 valence electrons. The Morgan fingerprint density at radius 1 is 1.33 bits per heavy atom. The van der Waals surface area contributed by atoms with E-state index in [1.165, 1.54) is 4.90 Å². The number of anilines is 1. The van der Waals surface area contributed by atoms with Crippen LogP contribution in [-0.4, -0.2) is 23.4 Å². The second kappa shape index (κ2) is 5.97. The third-order valence-corrected chi connectivity index (χ3v) is 4.93. The maximum Gasteiger partial charge on any atom is 0.253 e. The van der Waals surface area contributed by atoms with Gasteiger partial charge in [-0.25, -0.2) is 0 Å². The molecule has 0 aromatic heterocycles. The van der Waals surface area contributed by atoms with Gasteiger partial charge in [-0.05, 0) is 38.0 Å². The molecule has 1 saturated heterocycles. The van der Waals surface area contributed by atoms with Gasteiger partial charge in [0.25, 0.3) is 5.91 Å². The lowest BCUT2D eigenvalue weighted by atomic mass is 9.87. The summed E-state index contributed by atoms with van der Waals surface area (Å²) >= 11 is 9.61. The van der Waals surface area contributed by atoms with Gasteiger partial charge in [-0.1, -0.05) is 41.4 Å². The Labute approximate surface area is 138 Å². The van der Waals surface area contributed by atoms with Crippen molar-refractivity contribution in [1.82, 2.24) is 5.32 Å². The van der Waals surface area contributed by atoms with Crippen molar-refractivity contribution in [3.8, 4) is 0 Å². The minimum Gasteiger partial charge on any atom is -0.340 e. The van der Waals surface area contributed by atoms with Crippen molar-refractivity contribution < 1.29 is 9.59 Å². The summed E-state index contributed by atoms with van der Waals surface area (Å²) in [5.41, 5.74) is -0.279. The van der Waals surface area contributed by atoms with E-state index in [0.29, 0.717) is 23.6 Å². The lowest BCUT2D eigenvalue weighted by Crippen LogP contribution is -2.69. The molecule has 1 aromatic carbocycles. The number of hydrogen-bond donors (Lipinski definition) is 1. The number of halogens is 2. The summed E-state index contributed by atoms with van der Waals surface area (Å²) in [6, 6.07) is 4.72. The molecule has 1 unspecified atom stereocenters. The Kier molecular flexibility index (Phi) is 4.63. The molecule has 1 aliphatic rings. The van der Waals surface area contributed by atoms with E-state index in [-0.39, 0.29) is 11.8 Å². The summed E-state index contributed by atoms with van der Waals surface area (Å²) in [7, 11) is 0. The lowest BCUT2D eigenvalue weighted by molar-refractivity contribution is -0.138. The minimum atomic E-state index is -0.847. The van der Waals surface area contributed by atoms with Crippen LogP contribution in [0.3, 0.4) is 0 Å². The minimum absolute atomic E-state index is 0.108. The van der Waals surface area contributed by atoms with Gasteiger partial charge in [0.15, 0.2) is 0 Å². The summed E-state index contributed by atoms with van der Waals surface area (Å²) in [4.78, 5) is 26.7. The predicted octanol–water partition coefficient (Wildman–Crippen LogP) is 3.51. The number of carbonyl (C=O) groups is 2. The summed E-state index contributed by atoms with van der Waals surface area (Å²) in [5, 5.41) is 3.32. The van der Waals surface area contributed by atoms with Crippen LogP contribution in [0.4, 0.5) is 5.69 Å². The third kappa shape index (κ3) is 2.69. The van der Waals surface area contributed by atoms with Crippen LogP contribution in [0, 0.1) is 0 Å². The van der Waals surface area contributed by atoms with E-state index in [0.717, 1.165) is 4.47 Å². The van der Waals surface area contributed by atoms with Crippen LogP contribution in [0.2, 0.25) is 5.02 Å². The van der Waals surface area contributed by atoms with Gasteiger partial charge in [0.2, 0.25) is 5.91 Å². The molecule has 4 nitrogen and oxygen atoms in total. The monoisotopic (exact) mass is 372 g/mol. The molecule has 0 bridgehead atoms. The average molecular weight is 374 g/mol. The second-order valence-corrected chi connectivity index (χ2v) is 6.55. The lowest BCUT2D eigenvalue weighted by Gasteiger charge is -2.44. The zero-order valence-electron chi connectivity index (χ0n) is 12.2. The van der Waals surface area contributed by atoms with Crippen LogP contribution < -0.4 is 10.2 Å². The van der Waals surface area contributed by atoms with Crippen molar-refractivity contribution in [2.24, 2.45) is 0 Å². The second-order valence-electron chi connectivity index (χ2n) is 5.23. The van der Waals surface area contributed by atoms with E-state index < -0.39 is 11.6 Å². The fourth-order valence-electron chi connectivity index (χ4n) is 2.64. The van der Waals surface area contributed by atoms with Crippen molar-refractivity contribution in [2.75, 3.05) is 4.90 Å². The smallest absolute Gasteiger partial charge is 0.253 e. The standard InChI is InChI=1S/C15H18BrClN2O2/c1-4-15(5-2)14(21)19(9(3)13(20)18-15)12-7-6-10(16)8-11(12)17/h6-9H,4-5H2,1-3H3,(H,18,20).